The van der Waals surface area contributed by atoms with Gasteiger partial charge in [-0.15, -0.1) is 0 Å². The lowest BCUT2D eigenvalue weighted by Crippen LogP contribution is -2.29. The first-order valence-corrected chi connectivity index (χ1v) is 7.85. The average molecular weight is 352 g/mol. The second-order valence-corrected chi connectivity index (χ2v) is 5.35. The molecule has 0 aliphatic heterocycles. The lowest BCUT2D eigenvalue weighted by Gasteiger charge is -2.12. The number of hydrogen-bond donors (Lipinski definition) is 2. The Balaban J connectivity index is 1.95. The standard InChI is InChI=1S/C18H19F3N2O2/c1-2-9-25-11-13-6-4-3-5-12(13)10-22-18(24)23-15-8-7-14(19)16(20)17(15)21/h3-8H,2,9-11H2,1H3,(H2,22,23,24). The van der Waals surface area contributed by atoms with Crippen molar-refractivity contribution in [2.45, 2.75) is 26.5 Å². The summed E-state index contributed by atoms with van der Waals surface area (Å²) in [7, 11) is 0. The summed E-state index contributed by atoms with van der Waals surface area (Å²) in [4.78, 5) is 11.9. The Morgan fingerprint density at radius 1 is 1.04 bits per heavy atom. The van der Waals surface area contributed by atoms with Crippen molar-refractivity contribution in [1.29, 1.82) is 0 Å². The Hall–Kier alpha value is -2.54. The first-order chi connectivity index (χ1) is 12.0. The summed E-state index contributed by atoms with van der Waals surface area (Å²) in [6.07, 6.45) is 0.905. The molecular formula is C18H19F3N2O2. The van der Waals surface area contributed by atoms with Crippen LogP contribution in [0.1, 0.15) is 24.5 Å². The van der Waals surface area contributed by atoms with Crippen molar-refractivity contribution in [2.24, 2.45) is 0 Å². The van der Waals surface area contributed by atoms with Crippen molar-refractivity contribution in [3.63, 3.8) is 0 Å². The summed E-state index contributed by atoms with van der Waals surface area (Å²) >= 11 is 0. The first-order valence-electron chi connectivity index (χ1n) is 7.85. The molecule has 0 atom stereocenters. The van der Waals surface area contributed by atoms with E-state index in [-0.39, 0.29) is 6.54 Å². The van der Waals surface area contributed by atoms with Crippen LogP contribution >= 0.6 is 0 Å². The Kier molecular flexibility index (Phi) is 6.82. The predicted molar refractivity (Wildman–Crippen MR) is 88.6 cm³/mol. The van der Waals surface area contributed by atoms with E-state index in [2.05, 4.69) is 10.6 Å². The van der Waals surface area contributed by atoms with Gasteiger partial charge in [-0.2, -0.15) is 0 Å². The van der Waals surface area contributed by atoms with E-state index < -0.39 is 29.2 Å². The molecule has 0 aliphatic carbocycles. The molecule has 0 bridgehead atoms. The number of rotatable bonds is 7. The highest BCUT2D eigenvalue weighted by Gasteiger charge is 2.15. The molecule has 0 aliphatic rings. The molecule has 7 heteroatoms. The minimum atomic E-state index is -1.63. The third-order valence-corrected chi connectivity index (χ3v) is 3.45. The van der Waals surface area contributed by atoms with Gasteiger partial charge in [0.1, 0.15) is 0 Å². The van der Waals surface area contributed by atoms with Gasteiger partial charge < -0.3 is 15.4 Å². The number of benzene rings is 2. The van der Waals surface area contributed by atoms with Gasteiger partial charge in [-0.3, -0.25) is 0 Å². The highest BCUT2D eigenvalue weighted by Crippen LogP contribution is 2.19. The zero-order chi connectivity index (χ0) is 18.2. The smallest absolute Gasteiger partial charge is 0.319 e. The minimum absolute atomic E-state index is 0.183. The number of hydrogen-bond acceptors (Lipinski definition) is 2. The SMILES string of the molecule is CCCOCc1ccccc1CNC(=O)Nc1ccc(F)c(F)c1F. The van der Waals surface area contributed by atoms with Crippen LogP contribution < -0.4 is 10.6 Å². The summed E-state index contributed by atoms with van der Waals surface area (Å²) in [6.45, 7) is 3.25. The molecule has 25 heavy (non-hydrogen) atoms. The van der Waals surface area contributed by atoms with E-state index in [4.69, 9.17) is 4.74 Å². The van der Waals surface area contributed by atoms with Crippen molar-refractivity contribution in [2.75, 3.05) is 11.9 Å². The van der Waals surface area contributed by atoms with Crippen LogP contribution in [0.2, 0.25) is 0 Å². The van der Waals surface area contributed by atoms with Crippen molar-refractivity contribution in [1.82, 2.24) is 5.32 Å². The van der Waals surface area contributed by atoms with E-state index >= 15 is 0 Å². The predicted octanol–water partition coefficient (Wildman–Crippen LogP) is 4.35. The molecule has 2 rings (SSSR count). The topological polar surface area (TPSA) is 50.4 Å². The zero-order valence-corrected chi connectivity index (χ0v) is 13.7. The number of carbonyl (C=O) groups is 1. The van der Waals surface area contributed by atoms with Crippen molar-refractivity contribution in [3.05, 3.63) is 65.0 Å². The van der Waals surface area contributed by atoms with Crippen LogP contribution in [0.5, 0.6) is 0 Å². The summed E-state index contributed by atoms with van der Waals surface area (Å²) in [5.41, 5.74) is 1.34. The number of carbonyl (C=O) groups excluding carboxylic acids is 1. The maximum atomic E-state index is 13.5. The molecule has 0 unspecified atom stereocenters. The highest BCUT2D eigenvalue weighted by molar-refractivity contribution is 5.89. The van der Waals surface area contributed by atoms with E-state index in [1.807, 2.05) is 31.2 Å². The Bertz CT molecular complexity index is 738. The second kappa shape index (κ2) is 9.08. The van der Waals surface area contributed by atoms with Gasteiger partial charge in [-0.1, -0.05) is 31.2 Å². The van der Waals surface area contributed by atoms with Crippen LogP contribution in [0.25, 0.3) is 0 Å². The van der Waals surface area contributed by atoms with Crippen molar-refractivity contribution < 1.29 is 22.7 Å². The van der Waals surface area contributed by atoms with Crippen LogP contribution in [-0.4, -0.2) is 12.6 Å². The highest BCUT2D eigenvalue weighted by atomic mass is 19.2. The Labute approximate surface area is 144 Å². The molecule has 2 N–H and O–H groups in total. The molecule has 2 aromatic rings. The van der Waals surface area contributed by atoms with Crippen LogP contribution in [0, 0.1) is 17.5 Å². The normalized spacial score (nSPS) is 10.6. The third kappa shape index (κ3) is 5.22. The largest absolute Gasteiger partial charge is 0.377 e. The molecule has 0 spiro atoms. The third-order valence-electron chi connectivity index (χ3n) is 3.45. The van der Waals surface area contributed by atoms with E-state index in [1.54, 1.807) is 0 Å². The molecule has 0 heterocycles. The van der Waals surface area contributed by atoms with Gasteiger partial charge in [0.25, 0.3) is 0 Å². The summed E-state index contributed by atoms with van der Waals surface area (Å²) in [6, 6.07) is 8.39. The molecular weight excluding hydrogens is 333 g/mol. The number of amides is 2. The summed E-state index contributed by atoms with van der Waals surface area (Å²) in [5.74, 6) is -4.39. The molecule has 0 radical (unpaired) electrons. The number of halogens is 3. The van der Waals surface area contributed by atoms with Crippen LogP contribution in [0.4, 0.5) is 23.7 Å². The summed E-state index contributed by atoms with van der Waals surface area (Å²) in [5, 5.41) is 4.71. The summed E-state index contributed by atoms with van der Waals surface area (Å²) < 4.78 is 45.1. The lowest BCUT2D eigenvalue weighted by molar-refractivity contribution is 0.121. The molecule has 0 saturated heterocycles. The van der Waals surface area contributed by atoms with E-state index in [0.29, 0.717) is 13.2 Å². The van der Waals surface area contributed by atoms with Gasteiger partial charge >= 0.3 is 6.03 Å². The molecule has 0 fully saturated rings. The molecule has 0 aromatic heterocycles. The molecule has 4 nitrogen and oxygen atoms in total. The fourth-order valence-corrected chi connectivity index (χ4v) is 2.16. The second-order valence-electron chi connectivity index (χ2n) is 5.35. The molecule has 0 saturated carbocycles. The number of urea groups is 1. The maximum absolute atomic E-state index is 13.5. The number of anilines is 1. The van der Waals surface area contributed by atoms with Crippen LogP contribution in [0.15, 0.2) is 36.4 Å². The van der Waals surface area contributed by atoms with E-state index in [9.17, 15) is 18.0 Å². The van der Waals surface area contributed by atoms with Crippen LogP contribution in [-0.2, 0) is 17.9 Å². The van der Waals surface area contributed by atoms with E-state index in [1.165, 1.54) is 0 Å². The lowest BCUT2D eigenvalue weighted by atomic mass is 10.1. The Morgan fingerprint density at radius 2 is 1.76 bits per heavy atom. The number of nitrogens with one attached hydrogen (secondary N) is 2. The molecule has 2 amide bonds. The molecule has 134 valence electrons. The van der Waals surface area contributed by atoms with Gasteiger partial charge in [0.05, 0.1) is 12.3 Å². The average Bonchev–Trinajstić information content (AvgIpc) is 2.61. The van der Waals surface area contributed by atoms with Crippen LogP contribution in [0.3, 0.4) is 0 Å². The van der Waals surface area contributed by atoms with Crippen molar-refractivity contribution in [3.8, 4) is 0 Å². The molecule has 2 aromatic carbocycles. The van der Waals surface area contributed by atoms with Gasteiger partial charge in [-0.25, -0.2) is 18.0 Å². The monoisotopic (exact) mass is 352 g/mol. The fourth-order valence-electron chi connectivity index (χ4n) is 2.16. The first kappa shape index (κ1) is 18.8. The Morgan fingerprint density at radius 3 is 2.48 bits per heavy atom. The fraction of sp³-hybridized carbons (Fsp3) is 0.278. The van der Waals surface area contributed by atoms with Gasteiger partial charge in [-0.05, 0) is 29.7 Å². The van der Waals surface area contributed by atoms with Crippen molar-refractivity contribution >= 4 is 11.7 Å². The van der Waals surface area contributed by atoms with E-state index in [0.717, 1.165) is 29.7 Å². The maximum Gasteiger partial charge on any atom is 0.319 e. The number of ether oxygens (including phenoxy) is 1. The quantitative estimate of drug-likeness (QED) is 0.575. The minimum Gasteiger partial charge on any atom is -0.377 e. The van der Waals surface area contributed by atoms with Gasteiger partial charge in [0.15, 0.2) is 17.5 Å². The van der Waals surface area contributed by atoms with Gasteiger partial charge in [0.2, 0.25) is 0 Å². The van der Waals surface area contributed by atoms with Gasteiger partial charge in [0, 0.05) is 13.2 Å². The zero-order valence-electron chi connectivity index (χ0n) is 13.7.